The summed E-state index contributed by atoms with van der Waals surface area (Å²) in [5, 5.41) is 0. The van der Waals surface area contributed by atoms with E-state index in [0.717, 1.165) is 18.8 Å². The van der Waals surface area contributed by atoms with E-state index in [4.69, 9.17) is 0 Å². The second-order valence-corrected chi connectivity index (χ2v) is 4.51. The van der Waals surface area contributed by atoms with Crippen LogP contribution in [0.5, 0.6) is 0 Å². The van der Waals surface area contributed by atoms with Crippen molar-refractivity contribution in [3.8, 4) is 0 Å². The van der Waals surface area contributed by atoms with E-state index in [2.05, 4.69) is 32.9 Å². The summed E-state index contributed by atoms with van der Waals surface area (Å²) in [5.41, 5.74) is 0. The Hall–Kier alpha value is -0.260. The van der Waals surface area contributed by atoms with Crippen LogP contribution in [0, 0.1) is 19.8 Å². The van der Waals surface area contributed by atoms with Crippen molar-refractivity contribution in [3.63, 3.8) is 0 Å². The van der Waals surface area contributed by atoms with Crippen molar-refractivity contribution in [2.75, 3.05) is 0 Å². The topological polar surface area (TPSA) is 0 Å². The minimum absolute atomic E-state index is 0.853. The summed E-state index contributed by atoms with van der Waals surface area (Å²) in [4.78, 5) is 0. The van der Waals surface area contributed by atoms with E-state index >= 15 is 0 Å². The van der Waals surface area contributed by atoms with Crippen LogP contribution in [-0.2, 0) is 0 Å². The minimum Gasteiger partial charge on any atom is -0.0885 e. The molecule has 88 valence electrons. The van der Waals surface area contributed by atoms with Gasteiger partial charge in [0.15, 0.2) is 0 Å². The quantitative estimate of drug-likeness (QED) is 0.335. The zero-order valence-corrected chi connectivity index (χ0v) is 10.5. The highest BCUT2D eigenvalue weighted by molar-refractivity contribution is 4.83. The largest absolute Gasteiger partial charge is 0.0885 e. The molecule has 0 rings (SSSR count). The Morgan fingerprint density at radius 1 is 0.933 bits per heavy atom. The van der Waals surface area contributed by atoms with Crippen LogP contribution in [0.1, 0.15) is 64.7 Å². The highest BCUT2D eigenvalue weighted by Gasteiger charge is 1.98. The standard InChI is InChI=1S/C15H28/c1-4-6-8-10-12-14-15(3)13-11-9-7-5-2/h10,12,15H,1-2,4-9,11,13-14H2,3H3. The van der Waals surface area contributed by atoms with E-state index in [1.54, 1.807) is 0 Å². The predicted octanol–water partition coefficient (Wildman–Crippen LogP) is 5.36. The Labute approximate surface area is 97.2 Å². The zero-order valence-electron chi connectivity index (χ0n) is 10.5. The number of hydrogen-bond acceptors (Lipinski definition) is 0. The van der Waals surface area contributed by atoms with Gasteiger partial charge >= 0.3 is 0 Å². The van der Waals surface area contributed by atoms with Crippen molar-refractivity contribution in [1.82, 2.24) is 0 Å². The lowest BCUT2D eigenvalue weighted by Gasteiger charge is -2.07. The van der Waals surface area contributed by atoms with Gasteiger partial charge in [-0.25, -0.2) is 0 Å². The molecular weight excluding hydrogens is 180 g/mol. The monoisotopic (exact) mass is 208 g/mol. The van der Waals surface area contributed by atoms with Gasteiger partial charge in [0.25, 0.3) is 0 Å². The molecule has 0 saturated heterocycles. The smallest absolute Gasteiger partial charge is 0.0325 e. The number of allylic oxidation sites excluding steroid dienone is 2. The Kier molecular flexibility index (Phi) is 11.6. The Morgan fingerprint density at radius 3 is 2.33 bits per heavy atom. The number of hydrogen-bond donors (Lipinski definition) is 0. The van der Waals surface area contributed by atoms with Gasteiger partial charge in [-0.1, -0.05) is 71.4 Å². The fourth-order valence-electron chi connectivity index (χ4n) is 1.67. The van der Waals surface area contributed by atoms with E-state index in [0.29, 0.717) is 0 Å². The van der Waals surface area contributed by atoms with E-state index in [1.165, 1.54) is 44.9 Å². The van der Waals surface area contributed by atoms with Crippen molar-refractivity contribution >= 4 is 0 Å². The van der Waals surface area contributed by atoms with Gasteiger partial charge in [0.1, 0.15) is 0 Å². The molecule has 0 aliphatic carbocycles. The maximum atomic E-state index is 3.86. The van der Waals surface area contributed by atoms with E-state index in [1.807, 2.05) is 0 Å². The van der Waals surface area contributed by atoms with Crippen LogP contribution in [0.15, 0.2) is 12.2 Å². The molecular formula is C15H28. The summed E-state index contributed by atoms with van der Waals surface area (Å²) in [6, 6.07) is 0. The van der Waals surface area contributed by atoms with Crippen molar-refractivity contribution in [2.24, 2.45) is 5.92 Å². The number of rotatable bonds is 10. The van der Waals surface area contributed by atoms with Gasteiger partial charge in [-0.3, -0.25) is 0 Å². The molecule has 2 radical (unpaired) electrons. The summed E-state index contributed by atoms with van der Waals surface area (Å²) in [7, 11) is 0. The van der Waals surface area contributed by atoms with Gasteiger partial charge in [0.2, 0.25) is 0 Å². The third kappa shape index (κ3) is 11.7. The van der Waals surface area contributed by atoms with Crippen LogP contribution in [-0.4, -0.2) is 0 Å². The third-order valence-corrected chi connectivity index (χ3v) is 2.77. The lowest BCUT2D eigenvalue weighted by atomic mass is 9.99. The molecule has 0 aromatic heterocycles. The molecule has 0 fully saturated rings. The van der Waals surface area contributed by atoms with Crippen molar-refractivity contribution in [1.29, 1.82) is 0 Å². The third-order valence-electron chi connectivity index (χ3n) is 2.77. The van der Waals surface area contributed by atoms with Crippen LogP contribution in [0.4, 0.5) is 0 Å². The molecule has 1 unspecified atom stereocenters. The SMILES string of the molecule is [CH2]CCCC=CCC(C)CCCCC[CH2]. The highest BCUT2D eigenvalue weighted by atomic mass is 14.0. The maximum Gasteiger partial charge on any atom is -0.0325 e. The van der Waals surface area contributed by atoms with Crippen LogP contribution in [0.25, 0.3) is 0 Å². The summed E-state index contributed by atoms with van der Waals surface area (Å²) in [6.45, 7) is 10.1. The summed E-state index contributed by atoms with van der Waals surface area (Å²) in [5.74, 6) is 0.853. The average Bonchev–Trinajstić information content (AvgIpc) is 2.24. The Balaban J connectivity index is 3.24. The van der Waals surface area contributed by atoms with E-state index < -0.39 is 0 Å². The van der Waals surface area contributed by atoms with E-state index in [9.17, 15) is 0 Å². The van der Waals surface area contributed by atoms with Crippen molar-refractivity contribution < 1.29 is 0 Å². The van der Waals surface area contributed by atoms with Gasteiger partial charge in [-0.2, -0.15) is 0 Å². The van der Waals surface area contributed by atoms with E-state index in [-0.39, 0.29) is 0 Å². The molecule has 0 aromatic rings. The van der Waals surface area contributed by atoms with Crippen LogP contribution in [0.2, 0.25) is 0 Å². The first-order valence-electron chi connectivity index (χ1n) is 6.54. The molecule has 0 spiro atoms. The molecule has 0 aliphatic heterocycles. The molecule has 0 aliphatic rings. The predicted molar refractivity (Wildman–Crippen MR) is 70.6 cm³/mol. The Morgan fingerprint density at radius 2 is 1.67 bits per heavy atom. The number of unbranched alkanes of at least 4 members (excludes halogenated alkanes) is 5. The molecule has 0 bridgehead atoms. The fourth-order valence-corrected chi connectivity index (χ4v) is 1.67. The normalized spacial score (nSPS) is 13.5. The molecule has 0 nitrogen and oxygen atoms in total. The van der Waals surface area contributed by atoms with Gasteiger partial charge in [0, 0.05) is 0 Å². The Bertz CT molecular complexity index is 135. The molecule has 15 heavy (non-hydrogen) atoms. The summed E-state index contributed by atoms with van der Waals surface area (Å²) >= 11 is 0. The molecule has 0 heterocycles. The summed E-state index contributed by atoms with van der Waals surface area (Å²) < 4.78 is 0. The molecule has 1 atom stereocenters. The molecule has 0 amide bonds. The molecule has 0 aromatic carbocycles. The zero-order chi connectivity index (χ0) is 11.4. The van der Waals surface area contributed by atoms with Gasteiger partial charge in [-0.05, 0) is 25.2 Å². The van der Waals surface area contributed by atoms with Gasteiger partial charge < -0.3 is 0 Å². The van der Waals surface area contributed by atoms with Gasteiger partial charge in [0.05, 0.1) is 0 Å². The average molecular weight is 208 g/mol. The maximum absolute atomic E-state index is 3.86. The first-order valence-corrected chi connectivity index (χ1v) is 6.54. The second kappa shape index (κ2) is 11.8. The van der Waals surface area contributed by atoms with Crippen LogP contribution >= 0.6 is 0 Å². The molecule has 0 heteroatoms. The van der Waals surface area contributed by atoms with Crippen molar-refractivity contribution in [2.45, 2.75) is 64.7 Å². The van der Waals surface area contributed by atoms with Gasteiger partial charge in [-0.15, -0.1) is 0 Å². The molecule has 0 saturated carbocycles. The summed E-state index contributed by atoms with van der Waals surface area (Å²) in [6.07, 6.45) is 15.9. The minimum atomic E-state index is 0.853. The fraction of sp³-hybridized carbons (Fsp3) is 0.733. The van der Waals surface area contributed by atoms with Crippen LogP contribution < -0.4 is 0 Å². The van der Waals surface area contributed by atoms with Crippen molar-refractivity contribution in [3.05, 3.63) is 26.0 Å². The first kappa shape index (κ1) is 14.7. The molecule has 0 N–H and O–H groups in total. The lowest BCUT2D eigenvalue weighted by Crippen LogP contribution is -1.92. The lowest BCUT2D eigenvalue weighted by molar-refractivity contribution is 0.496. The second-order valence-electron chi connectivity index (χ2n) is 4.51. The highest BCUT2D eigenvalue weighted by Crippen LogP contribution is 2.14. The van der Waals surface area contributed by atoms with Crippen LogP contribution in [0.3, 0.4) is 0 Å². The first-order chi connectivity index (χ1) is 7.31.